The molecule has 4 aromatic rings. The highest BCUT2D eigenvalue weighted by Crippen LogP contribution is 2.34. The summed E-state index contributed by atoms with van der Waals surface area (Å²) in [5.41, 5.74) is 1.01. The van der Waals surface area contributed by atoms with E-state index in [4.69, 9.17) is 13.5 Å². The van der Waals surface area contributed by atoms with Crippen LogP contribution in [0.25, 0.3) is 11.0 Å². The summed E-state index contributed by atoms with van der Waals surface area (Å²) in [6.45, 7) is 1.85. The van der Waals surface area contributed by atoms with Gasteiger partial charge in [-0.25, -0.2) is 4.89 Å². The molecule has 0 atom stereocenters. The largest absolute Gasteiger partial charge is 0.457 e. The number of hydrogen-bond acceptors (Lipinski definition) is 7. The summed E-state index contributed by atoms with van der Waals surface area (Å²) < 4.78 is 18.3. The van der Waals surface area contributed by atoms with Crippen LogP contribution in [0.3, 0.4) is 0 Å². The van der Waals surface area contributed by atoms with Crippen molar-refractivity contribution in [2.75, 3.05) is 12.4 Å². The molecule has 0 spiro atoms. The van der Waals surface area contributed by atoms with Crippen molar-refractivity contribution >= 4 is 34.7 Å². The van der Waals surface area contributed by atoms with E-state index in [-0.39, 0.29) is 5.91 Å². The average Bonchev–Trinajstić information content (AvgIpc) is 3.31. The Labute approximate surface area is 176 Å². The lowest BCUT2D eigenvalue weighted by atomic mass is 10.1. The Morgan fingerprint density at radius 3 is 2.67 bits per heavy atom. The fourth-order valence-corrected chi connectivity index (χ4v) is 3.28. The topological polar surface area (TPSA) is 87.8 Å². The molecule has 1 amide bonds. The molecule has 0 aliphatic heterocycles. The number of ether oxygens (including phenoxy) is 1. The maximum atomic E-state index is 12.7. The SMILES string of the molecule is COOSc1ccc(Oc2cc(C(=O)Nc3ccn(C)n3)cc3cc(C)oc23)cc1. The lowest BCUT2D eigenvalue weighted by molar-refractivity contribution is -0.160. The molecule has 9 heteroatoms. The van der Waals surface area contributed by atoms with Crippen molar-refractivity contribution in [2.24, 2.45) is 7.05 Å². The number of fused-ring (bicyclic) bond motifs is 1. The van der Waals surface area contributed by atoms with Crippen molar-refractivity contribution in [2.45, 2.75) is 11.8 Å². The molecule has 1 N–H and O–H groups in total. The van der Waals surface area contributed by atoms with E-state index in [0.29, 0.717) is 28.5 Å². The molecule has 0 aliphatic carbocycles. The van der Waals surface area contributed by atoms with Crippen molar-refractivity contribution in [1.29, 1.82) is 0 Å². The van der Waals surface area contributed by atoms with Crippen LogP contribution in [0.2, 0.25) is 0 Å². The minimum atomic E-state index is -0.289. The zero-order valence-electron chi connectivity index (χ0n) is 16.5. The number of anilines is 1. The molecule has 8 nitrogen and oxygen atoms in total. The second-order valence-electron chi connectivity index (χ2n) is 6.47. The van der Waals surface area contributed by atoms with E-state index in [1.807, 2.05) is 25.1 Å². The molecular formula is C21H19N3O5S. The Kier molecular flexibility index (Phi) is 5.75. The Hall–Kier alpha value is -3.27. The van der Waals surface area contributed by atoms with E-state index in [9.17, 15) is 4.79 Å². The monoisotopic (exact) mass is 425 g/mol. The minimum absolute atomic E-state index is 0.289. The highest BCUT2D eigenvalue weighted by molar-refractivity contribution is 7.94. The Balaban J connectivity index is 1.62. The van der Waals surface area contributed by atoms with E-state index in [1.54, 1.807) is 48.3 Å². The van der Waals surface area contributed by atoms with Crippen LogP contribution < -0.4 is 10.1 Å². The third-order valence-corrected chi connectivity index (χ3v) is 4.84. The van der Waals surface area contributed by atoms with Crippen molar-refractivity contribution in [3.05, 3.63) is 66.1 Å². The number of carbonyl (C=O) groups excluding carboxylic acids is 1. The van der Waals surface area contributed by atoms with Crippen LogP contribution in [0.4, 0.5) is 5.82 Å². The predicted molar refractivity (Wildman–Crippen MR) is 113 cm³/mol. The van der Waals surface area contributed by atoms with Crippen LogP contribution >= 0.6 is 12.0 Å². The van der Waals surface area contributed by atoms with Crippen LogP contribution in [0, 0.1) is 6.92 Å². The van der Waals surface area contributed by atoms with Gasteiger partial charge in [-0.05, 0) is 49.4 Å². The fraction of sp³-hybridized carbons (Fsp3) is 0.143. The van der Waals surface area contributed by atoms with E-state index in [1.165, 1.54) is 7.11 Å². The van der Waals surface area contributed by atoms with Crippen molar-refractivity contribution in [3.63, 3.8) is 0 Å². The Morgan fingerprint density at radius 1 is 1.17 bits per heavy atom. The molecule has 0 radical (unpaired) electrons. The molecule has 2 aromatic carbocycles. The quantitative estimate of drug-likeness (QED) is 0.250. The molecule has 0 saturated carbocycles. The number of hydrogen-bond donors (Lipinski definition) is 1. The van der Waals surface area contributed by atoms with Gasteiger partial charge in [0.05, 0.1) is 19.2 Å². The number of aromatic nitrogens is 2. The number of aryl methyl sites for hydroxylation is 2. The summed E-state index contributed by atoms with van der Waals surface area (Å²) in [5, 5.41) is 7.73. The maximum absolute atomic E-state index is 12.7. The standard InChI is InChI=1S/C21H19N3O5S/c1-13-10-14-11-15(21(25)22-19-8-9-24(2)23-19)12-18(20(14)27-13)28-16-4-6-17(7-5-16)30-29-26-3/h4-12H,1-3H3,(H,22,23,25). The van der Waals surface area contributed by atoms with Gasteiger partial charge < -0.3 is 14.5 Å². The number of furan rings is 1. The van der Waals surface area contributed by atoms with Crippen LogP contribution in [-0.4, -0.2) is 22.8 Å². The number of benzene rings is 2. The smallest absolute Gasteiger partial charge is 0.257 e. The zero-order chi connectivity index (χ0) is 21.1. The summed E-state index contributed by atoms with van der Waals surface area (Å²) in [4.78, 5) is 18.2. The van der Waals surface area contributed by atoms with Crippen LogP contribution in [0.15, 0.2) is 64.0 Å². The predicted octanol–water partition coefficient (Wildman–Crippen LogP) is 5.10. The summed E-state index contributed by atoms with van der Waals surface area (Å²) >= 11 is 1.09. The molecule has 30 heavy (non-hydrogen) atoms. The van der Waals surface area contributed by atoms with Crippen LogP contribution in [0.5, 0.6) is 11.5 Å². The van der Waals surface area contributed by atoms with Gasteiger partial charge >= 0.3 is 0 Å². The molecule has 0 unspecified atom stereocenters. The average molecular weight is 425 g/mol. The Bertz CT molecular complexity index is 1180. The van der Waals surface area contributed by atoms with Crippen molar-refractivity contribution in [3.8, 4) is 11.5 Å². The van der Waals surface area contributed by atoms with Gasteiger partial charge in [-0.3, -0.25) is 9.48 Å². The molecule has 0 fully saturated rings. The summed E-state index contributed by atoms with van der Waals surface area (Å²) in [6.07, 6.45) is 1.76. The van der Waals surface area contributed by atoms with Gasteiger partial charge in [0.25, 0.3) is 5.91 Å². The zero-order valence-corrected chi connectivity index (χ0v) is 17.4. The van der Waals surface area contributed by atoms with Gasteiger partial charge in [-0.2, -0.15) is 9.43 Å². The third-order valence-electron chi connectivity index (χ3n) is 4.17. The number of amides is 1. The maximum Gasteiger partial charge on any atom is 0.257 e. The normalized spacial score (nSPS) is 11.0. The number of nitrogens with one attached hydrogen (secondary N) is 1. The van der Waals surface area contributed by atoms with E-state index < -0.39 is 0 Å². The molecule has 2 aromatic heterocycles. The van der Waals surface area contributed by atoms with E-state index >= 15 is 0 Å². The second kappa shape index (κ2) is 8.62. The third kappa shape index (κ3) is 4.48. The fourth-order valence-electron chi connectivity index (χ4n) is 2.89. The molecule has 2 heterocycles. The lowest BCUT2D eigenvalue weighted by Gasteiger charge is -2.09. The van der Waals surface area contributed by atoms with E-state index in [0.717, 1.165) is 28.1 Å². The molecule has 154 valence electrons. The molecular weight excluding hydrogens is 406 g/mol. The minimum Gasteiger partial charge on any atom is -0.457 e. The number of rotatable bonds is 7. The van der Waals surface area contributed by atoms with Crippen molar-refractivity contribution < 1.29 is 23.2 Å². The van der Waals surface area contributed by atoms with Crippen LogP contribution in [-0.2, 0) is 16.3 Å². The summed E-state index contributed by atoms with van der Waals surface area (Å²) in [5.74, 6) is 1.94. The number of carbonyl (C=O) groups is 1. The van der Waals surface area contributed by atoms with Crippen LogP contribution in [0.1, 0.15) is 16.1 Å². The van der Waals surface area contributed by atoms with Crippen molar-refractivity contribution in [1.82, 2.24) is 9.78 Å². The first-order valence-electron chi connectivity index (χ1n) is 9.02. The molecule has 0 bridgehead atoms. The lowest BCUT2D eigenvalue weighted by Crippen LogP contribution is -2.12. The van der Waals surface area contributed by atoms with Gasteiger partial charge in [0.15, 0.2) is 17.2 Å². The van der Waals surface area contributed by atoms with Gasteiger partial charge in [0, 0.05) is 35.2 Å². The summed E-state index contributed by atoms with van der Waals surface area (Å²) in [7, 11) is 3.23. The highest BCUT2D eigenvalue weighted by Gasteiger charge is 2.16. The molecule has 0 aliphatic rings. The first-order valence-corrected chi connectivity index (χ1v) is 9.76. The number of nitrogens with zero attached hydrogens (tertiary/aromatic N) is 2. The second-order valence-corrected chi connectivity index (χ2v) is 7.24. The first kappa shape index (κ1) is 20.0. The van der Waals surface area contributed by atoms with Gasteiger partial charge in [-0.1, -0.05) is 0 Å². The highest BCUT2D eigenvalue weighted by atomic mass is 32.2. The van der Waals surface area contributed by atoms with Gasteiger partial charge in [-0.15, -0.1) is 0 Å². The Morgan fingerprint density at radius 2 is 1.97 bits per heavy atom. The molecule has 4 rings (SSSR count). The van der Waals surface area contributed by atoms with E-state index in [2.05, 4.69) is 15.3 Å². The summed E-state index contributed by atoms with van der Waals surface area (Å²) in [6, 6.07) is 14.3. The molecule has 0 saturated heterocycles. The first-order chi connectivity index (χ1) is 14.5. The van der Waals surface area contributed by atoms with Gasteiger partial charge in [0.2, 0.25) is 0 Å². The van der Waals surface area contributed by atoms with Gasteiger partial charge in [0.1, 0.15) is 11.5 Å².